The van der Waals surface area contributed by atoms with Crippen LogP contribution >= 0.6 is 23.2 Å². The fourth-order valence-electron chi connectivity index (χ4n) is 2.39. The van der Waals surface area contributed by atoms with Gasteiger partial charge in [-0.3, -0.25) is 4.79 Å². The number of hydrogen-bond donors (Lipinski definition) is 2. The molecule has 0 radical (unpaired) electrons. The highest BCUT2D eigenvalue weighted by Crippen LogP contribution is 2.36. The molecule has 6 nitrogen and oxygen atoms in total. The maximum absolute atomic E-state index is 12.9. The predicted molar refractivity (Wildman–Crippen MR) is 112 cm³/mol. The molecule has 2 aromatic carbocycles. The van der Waals surface area contributed by atoms with Crippen LogP contribution in [0.5, 0.6) is 5.75 Å². The lowest BCUT2D eigenvalue weighted by molar-refractivity contribution is -0.137. The molecule has 0 spiro atoms. The number of alkyl halides is 3. The topological polar surface area (TPSA) is 84.5 Å². The van der Waals surface area contributed by atoms with Gasteiger partial charge < -0.3 is 10.1 Å². The van der Waals surface area contributed by atoms with Crippen molar-refractivity contribution in [3.8, 4) is 5.75 Å². The lowest BCUT2D eigenvalue weighted by Gasteiger charge is -2.13. The van der Waals surface area contributed by atoms with Gasteiger partial charge in [0.1, 0.15) is 5.75 Å². The summed E-state index contributed by atoms with van der Waals surface area (Å²) in [5.41, 5.74) is -1.20. The third-order valence-corrected chi connectivity index (χ3v) is 6.03. The quantitative estimate of drug-likeness (QED) is 0.470. The average Bonchev–Trinajstić information content (AvgIpc) is 2.67. The van der Waals surface area contributed by atoms with Crippen molar-refractivity contribution in [3.63, 3.8) is 0 Å². The summed E-state index contributed by atoms with van der Waals surface area (Å²) in [6.45, 7) is 1.65. The molecule has 170 valence electrons. The molecule has 2 N–H and O–H groups in total. The van der Waals surface area contributed by atoms with Crippen molar-refractivity contribution in [1.82, 2.24) is 4.72 Å². The number of sulfonamides is 1. The second-order valence-corrected chi connectivity index (χ2v) is 8.95. The molecule has 0 atom stereocenters. The molecule has 0 saturated carbocycles. The number of amides is 1. The first-order chi connectivity index (χ1) is 14.4. The number of hydrogen-bond acceptors (Lipinski definition) is 4. The summed E-state index contributed by atoms with van der Waals surface area (Å²) >= 11 is 11.6. The normalized spacial score (nSPS) is 11.9. The van der Waals surface area contributed by atoms with Crippen LogP contribution in [0.4, 0.5) is 18.9 Å². The van der Waals surface area contributed by atoms with E-state index in [9.17, 15) is 26.4 Å². The number of unbranched alkanes of at least 4 members (excludes halogenated alkanes) is 1. The largest absolute Gasteiger partial charge is 0.482 e. The zero-order chi connectivity index (χ0) is 23.2. The minimum atomic E-state index is -4.67. The van der Waals surface area contributed by atoms with Gasteiger partial charge in [0.25, 0.3) is 5.91 Å². The Morgan fingerprint density at radius 3 is 2.42 bits per heavy atom. The Labute approximate surface area is 187 Å². The highest BCUT2D eigenvalue weighted by molar-refractivity contribution is 7.89. The Hall–Kier alpha value is -2.01. The van der Waals surface area contributed by atoms with Gasteiger partial charge >= 0.3 is 6.18 Å². The van der Waals surface area contributed by atoms with E-state index in [1.807, 2.05) is 6.92 Å². The van der Waals surface area contributed by atoms with Gasteiger partial charge in [0.05, 0.1) is 20.5 Å². The van der Waals surface area contributed by atoms with Crippen molar-refractivity contribution in [3.05, 3.63) is 52.0 Å². The van der Waals surface area contributed by atoms with E-state index in [0.29, 0.717) is 12.5 Å². The molecule has 1 amide bonds. The van der Waals surface area contributed by atoms with E-state index in [1.54, 1.807) is 0 Å². The van der Waals surface area contributed by atoms with Crippen LogP contribution in [-0.4, -0.2) is 27.5 Å². The van der Waals surface area contributed by atoms with E-state index in [4.69, 9.17) is 27.9 Å². The Kier molecular flexibility index (Phi) is 8.58. The van der Waals surface area contributed by atoms with Gasteiger partial charge in [-0.2, -0.15) is 13.2 Å². The summed E-state index contributed by atoms with van der Waals surface area (Å²) in [7, 11) is -3.74. The van der Waals surface area contributed by atoms with Gasteiger partial charge in [-0.05, 0) is 42.8 Å². The zero-order valence-corrected chi connectivity index (χ0v) is 18.6. The molecule has 0 aromatic heterocycles. The van der Waals surface area contributed by atoms with Crippen molar-refractivity contribution in [2.75, 3.05) is 18.5 Å². The summed E-state index contributed by atoms with van der Waals surface area (Å²) in [6.07, 6.45) is -3.16. The van der Waals surface area contributed by atoms with E-state index in [2.05, 4.69) is 10.0 Å². The van der Waals surface area contributed by atoms with Gasteiger partial charge in [0, 0.05) is 12.2 Å². The summed E-state index contributed by atoms with van der Waals surface area (Å²) in [4.78, 5) is 12.0. The van der Waals surface area contributed by atoms with E-state index >= 15 is 0 Å². The summed E-state index contributed by atoms with van der Waals surface area (Å²) in [5.74, 6) is -0.708. The molecule has 0 unspecified atom stereocenters. The average molecular weight is 499 g/mol. The summed E-state index contributed by atoms with van der Waals surface area (Å²) in [5, 5.41) is 1.73. The Morgan fingerprint density at radius 1 is 1.10 bits per heavy atom. The lowest BCUT2D eigenvalue weighted by atomic mass is 10.2. The maximum Gasteiger partial charge on any atom is 0.417 e. The highest BCUT2D eigenvalue weighted by atomic mass is 35.5. The monoisotopic (exact) mass is 498 g/mol. The minimum Gasteiger partial charge on any atom is -0.482 e. The first-order valence-electron chi connectivity index (χ1n) is 9.02. The van der Waals surface area contributed by atoms with Gasteiger partial charge in [-0.15, -0.1) is 0 Å². The number of anilines is 1. The molecular formula is C19H19Cl2F3N2O4S. The molecule has 0 bridgehead atoms. The SMILES string of the molecule is CCCCNS(=O)(=O)c1ccc(OCC(=O)Nc2ccc(Cl)c(C(F)(F)F)c2)c(Cl)c1. The maximum atomic E-state index is 12.9. The van der Waals surface area contributed by atoms with Gasteiger partial charge in [0.2, 0.25) is 10.0 Å². The van der Waals surface area contributed by atoms with E-state index in [1.165, 1.54) is 24.3 Å². The zero-order valence-electron chi connectivity index (χ0n) is 16.2. The molecule has 12 heteroatoms. The molecule has 0 aliphatic rings. The van der Waals surface area contributed by atoms with Crippen molar-refractivity contribution < 1.29 is 31.1 Å². The Bertz CT molecular complexity index is 1050. The van der Waals surface area contributed by atoms with Crippen molar-refractivity contribution >= 4 is 44.8 Å². The first-order valence-corrected chi connectivity index (χ1v) is 11.3. The molecule has 2 rings (SSSR count). The van der Waals surface area contributed by atoms with Crippen molar-refractivity contribution in [2.45, 2.75) is 30.8 Å². The van der Waals surface area contributed by atoms with Crippen LogP contribution in [0.1, 0.15) is 25.3 Å². The van der Waals surface area contributed by atoms with Crippen LogP contribution in [0, 0.1) is 0 Å². The first kappa shape index (κ1) is 25.3. The fourth-order valence-corrected chi connectivity index (χ4v) is 4.02. The molecular weight excluding hydrogens is 480 g/mol. The van der Waals surface area contributed by atoms with Crippen LogP contribution in [0.2, 0.25) is 10.0 Å². The Balaban J connectivity index is 2.01. The molecule has 31 heavy (non-hydrogen) atoms. The number of halogens is 5. The van der Waals surface area contributed by atoms with Crippen LogP contribution in [0.25, 0.3) is 0 Å². The van der Waals surface area contributed by atoms with Crippen LogP contribution in [-0.2, 0) is 21.0 Å². The third kappa shape index (κ3) is 7.27. The van der Waals surface area contributed by atoms with Gasteiger partial charge in [-0.25, -0.2) is 13.1 Å². The molecule has 0 aliphatic heterocycles. The fraction of sp³-hybridized carbons (Fsp3) is 0.316. The lowest BCUT2D eigenvalue weighted by Crippen LogP contribution is -2.24. The van der Waals surface area contributed by atoms with Crippen LogP contribution < -0.4 is 14.8 Å². The van der Waals surface area contributed by atoms with E-state index in [0.717, 1.165) is 12.5 Å². The van der Waals surface area contributed by atoms with E-state index < -0.39 is 39.3 Å². The van der Waals surface area contributed by atoms with Gasteiger partial charge in [0.15, 0.2) is 6.61 Å². The molecule has 0 saturated heterocycles. The number of carbonyl (C=O) groups excluding carboxylic acids is 1. The second-order valence-electron chi connectivity index (χ2n) is 6.37. The van der Waals surface area contributed by atoms with Crippen LogP contribution in [0.3, 0.4) is 0 Å². The summed E-state index contributed by atoms with van der Waals surface area (Å²) in [6, 6.07) is 6.67. The van der Waals surface area contributed by atoms with E-state index in [-0.39, 0.29) is 27.9 Å². The predicted octanol–water partition coefficient (Wildman–Crippen LogP) is 5.11. The number of rotatable bonds is 9. The molecule has 2 aromatic rings. The summed E-state index contributed by atoms with van der Waals surface area (Å²) < 4.78 is 70.8. The number of benzene rings is 2. The van der Waals surface area contributed by atoms with Crippen molar-refractivity contribution in [1.29, 1.82) is 0 Å². The van der Waals surface area contributed by atoms with Crippen LogP contribution in [0.15, 0.2) is 41.3 Å². The van der Waals surface area contributed by atoms with Crippen molar-refractivity contribution in [2.24, 2.45) is 0 Å². The Morgan fingerprint density at radius 2 is 1.81 bits per heavy atom. The van der Waals surface area contributed by atoms with Gasteiger partial charge in [-0.1, -0.05) is 36.5 Å². The standard InChI is InChI=1S/C19H19Cl2F3N2O4S/c1-2-3-8-25-31(28,29)13-5-7-17(16(21)10-13)30-11-18(27)26-12-4-6-15(20)14(9-12)19(22,23)24/h4-7,9-10,25H,2-3,8,11H2,1H3,(H,26,27). The second kappa shape index (κ2) is 10.5. The highest BCUT2D eigenvalue weighted by Gasteiger charge is 2.33. The number of ether oxygens (including phenoxy) is 1. The third-order valence-electron chi connectivity index (χ3n) is 3.95. The number of carbonyl (C=O) groups is 1. The smallest absolute Gasteiger partial charge is 0.417 e. The number of nitrogens with one attached hydrogen (secondary N) is 2. The molecule has 0 fully saturated rings. The molecule has 0 aliphatic carbocycles. The molecule has 0 heterocycles. The minimum absolute atomic E-state index is 0.0383.